The highest BCUT2D eigenvalue weighted by molar-refractivity contribution is 7.99. The van der Waals surface area contributed by atoms with Gasteiger partial charge < -0.3 is 0 Å². The minimum absolute atomic E-state index is 0.524. The molecule has 1 heterocycles. The predicted molar refractivity (Wildman–Crippen MR) is 61.9 cm³/mol. The third-order valence-corrected chi connectivity index (χ3v) is 3.59. The van der Waals surface area contributed by atoms with Crippen molar-refractivity contribution in [3.05, 3.63) is 17.0 Å². The molecule has 78 valence electrons. The molecule has 0 N–H and O–H groups in total. The summed E-state index contributed by atoms with van der Waals surface area (Å²) in [6, 6.07) is 1.82. The van der Waals surface area contributed by atoms with Crippen molar-refractivity contribution in [1.82, 2.24) is 9.97 Å². The van der Waals surface area contributed by atoms with Crippen LogP contribution in [0.25, 0.3) is 0 Å². The van der Waals surface area contributed by atoms with E-state index in [2.05, 4.69) is 30.7 Å². The molecule has 0 aromatic carbocycles. The number of hydrogen-bond acceptors (Lipinski definition) is 3. The SMILES string of the molecule is Cc1nc(Cl)cc(SC(C)C(C)C)n1. The second-order valence-electron chi connectivity index (χ2n) is 3.64. The average Bonchev–Trinajstić information content (AvgIpc) is 2.01. The van der Waals surface area contributed by atoms with E-state index in [1.807, 2.05) is 13.0 Å². The predicted octanol–water partition coefficient (Wildman–Crippen LogP) is 3.58. The van der Waals surface area contributed by atoms with Crippen molar-refractivity contribution in [2.24, 2.45) is 5.92 Å². The first-order valence-electron chi connectivity index (χ1n) is 4.67. The van der Waals surface area contributed by atoms with Gasteiger partial charge >= 0.3 is 0 Å². The molecular formula is C10H15ClN2S. The Morgan fingerprint density at radius 3 is 2.43 bits per heavy atom. The Bertz CT molecular complexity index is 295. The summed E-state index contributed by atoms with van der Waals surface area (Å²) in [7, 11) is 0. The Kier molecular flexibility index (Phi) is 4.20. The van der Waals surface area contributed by atoms with Gasteiger partial charge in [0.1, 0.15) is 16.0 Å². The van der Waals surface area contributed by atoms with Crippen molar-refractivity contribution in [3.8, 4) is 0 Å². The molecule has 0 aliphatic heterocycles. The molecule has 0 spiro atoms. The van der Waals surface area contributed by atoms with E-state index >= 15 is 0 Å². The third-order valence-electron chi connectivity index (χ3n) is 2.03. The maximum Gasteiger partial charge on any atom is 0.133 e. The van der Waals surface area contributed by atoms with Gasteiger partial charge in [0.05, 0.1) is 0 Å². The van der Waals surface area contributed by atoms with E-state index in [-0.39, 0.29) is 0 Å². The van der Waals surface area contributed by atoms with Crippen LogP contribution in [0.2, 0.25) is 5.15 Å². The molecule has 14 heavy (non-hydrogen) atoms. The summed E-state index contributed by atoms with van der Waals surface area (Å²) in [6.07, 6.45) is 0. The molecule has 0 amide bonds. The van der Waals surface area contributed by atoms with Crippen LogP contribution in [0.3, 0.4) is 0 Å². The van der Waals surface area contributed by atoms with E-state index in [9.17, 15) is 0 Å². The van der Waals surface area contributed by atoms with Crippen LogP contribution in [0.5, 0.6) is 0 Å². The molecule has 0 aliphatic carbocycles. The van der Waals surface area contributed by atoms with Gasteiger partial charge in [0.25, 0.3) is 0 Å². The molecular weight excluding hydrogens is 216 g/mol. The summed E-state index contributed by atoms with van der Waals surface area (Å²) in [6.45, 7) is 8.46. The van der Waals surface area contributed by atoms with Crippen molar-refractivity contribution < 1.29 is 0 Å². The highest BCUT2D eigenvalue weighted by atomic mass is 35.5. The second kappa shape index (κ2) is 4.99. The molecule has 0 saturated carbocycles. The maximum absolute atomic E-state index is 5.85. The van der Waals surface area contributed by atoms with Gasteiger partial charge in [-0.2, -0.15) is 0 Å². The topological polar surface area (TPSA) is 25.8 Å². The fourth-order valence-electron chi connectivity index (χ4n) is 0.892. The minimum atomic E-state index is 0.524. The zero-order chi connectivity index (χ0) is 10.7. The minimum Gasteiger partial charge on any atom is -0.227 e. The third kappa shape index (κ3) is 3.46. The molecule has 2 nitrogen and oxygen atoms in total. The highest BCUT2D eigenvalue weighted by Crippen LogP contribution is 2.27. The monoisotopic (exact) mass is 230 g/mol. The van der Waals surface area contributed by atoms with Crippen LogP contribution < -0.4 is 0 Å². The lowest BCUT2D eigenvalue weighted by Gasteiger charge is -2.14. The van der Waals surface area contributed by atoms with Crippen LogP contribution in [0.1, 0.15) is 26.6 Å². The molecule has 0 saturated heterocycles. The molecule has 0 bridgehead atoms. The lowest BCUT2D eigenvalue weighted by molar-refractivity contribution is 0.641. The lowest BCUT2D eigenvalue weighted by Crippen LogP contribution is -2.06. The molecule has 1 aromatic heterocycles. The number of thioether (sulfide) groups is 1. The number of hydrogen-bond donors (Lipinski definition) is 0. The standard InChI is InChI=1S/C10H15ClN2S/c1-6(2)7(3)14-10-5-9(11)12-8(4)13-10/h5-7H,1-4H3. The summed E-state index contributed by atoms with van der Waals surface area (Å²) in [5.41, 5.74) is 0. The van der Waals surface area contributed by atoms with Gasteiger partial charge in [-0.15, -0.1) is 11.8 Å². The van der Waals surface area contributed by atoms with Crippen LogP contribution in [-0.4, -0.2) is 15.2 Å². The maximum atomic E-state index is 5.85. The molecule has 0 fully saturated rings. The molecule has 1 aromatic rings. The van der Waals surface area contributed by atoms with Gasteiger partial charge in [0.15, 0.2) is 0 Å². The Hall–Kier alpha value is -0.280. The van der Waals surface area contributed by atoms with Gasteiger partial charge in [-0.25, -0.2) is 9.97 Å². The second-order valence-corrected chi connectivity index (χ2v) is 5.43. The summed E-state index contributed by atoms with van der Waals surface area (Å²) >= 11 is 7.59. The van der Waals surface area contributed by atoms with Gasteiger partial charge in [0, 0.05) is 11.3 Å². The van der Waals surface area contributed by atoms with Gasteiger partial charge in [-0.1, -0.05) is 32.4 Å². The Morgan fingerprint density at radius 1 is 1.29 bits per heavy atom. The molecule has 1 atom stereocenters. The number of halogens is 1. The largest absolute Gasteiger partial charge is 0.227 e. The molecule has 0 aliphatic rings. The van der Waals surface area contributed by atoms with Crippen molar-refractivity contribution in [2.45, 2.75) is 38.0 Å². The van der Waals surface area contributed by atoms with Crippen molar-refractivity contribution in [2.75, 3.05) is 0 Å². The van der Waals surface area contributed by atoms with Gasteiger partial charge in [0.2, 0.25) is 0 Å². The first kappa shape index (κ1) is 11.8. The normalized spacial score (nSPS) is 13.3. The fraction of sp³-hybridized carbons (Fsp3) is 0.600. The molecule has 1 rings (SSSR count). The van der Waals surface area contributed by atoms with Crippen LogP contribution in [0.4, 0.5) is 0 Å². The van der Waals surface area contributed by atoms with Crippen LogP contribution >= 0.6 is 23.4 Å². The highest BCUT2D eigenvalue weighted by Gasteiger charge is 2.10. The summed E-state index contributed by atoms with van der Waals surface area (Å²) < 4.78 is 0. The Balaban J connectivity index is 2.76. The van der Waals surface area contributed by atoms with Crippen LogP contribution in [-0.2, 0) is 0 Å². The first-order valence-corrected chi connectivity index (χ1v) is 5.92. The van der Waals surface area contributed by atoms with Crippen molar-refractivity contribution in [3.63, 3.8) is 0 Å². The summed E-state index contributed by atoms with van der Waals surface area (Å²) in [5.74, 6) is 1.37. The van der Waals surface area contributed by atoms with E-state index in [0.29, 0.717) is 16.3 Å². The quantitative estimate of drug-likeness (QED) is 0.587. The molecule has 0 radical (unpaired) electrons. The van der Waals surface area contributed by atoms with E-state index in [1.165, 1.54) is 0 Å². The van der Waals surface area contributed by atoms with Crippen molar-refractivity contribution in [1.29, 1.82) is 0 Å². The number of aromatic nitrogens is 2. The van der Waals surface area contributed by atoms with Crippen LogP contribution in [0.15, 0.2) is 11.1 Å². The smallest absolute Gasteiger partial charge is 0.133 e. The number of rotatable bonds is 3. The van der Waals surface area contributed by atoms with E-state index in [4.69, 9.17) is 11.6 Å². The summed E-state index contributed by atoms with van der Waals surface area (Å²) in [4.78, 5) is 8.35. The van der Waals surface area contributed by atoms with Gasteiger partial charge in [-0.05, 0) is 12.8 Å². The number of nitrogens with zero attached hydrogens (tertiary/aromatic N) is 2. The van der Waals surface area contributed by atoms with Crippen LogP contribution in [0, 0.1) is 12.8 Å². The molecule has 4 heteroatoms. The van der Waals surface area contributed by atoms with E-state index in [0.717, 1.165) is 10.9 Å². The van der Waals surface area contributed by atoms with E-state index in [1.54, 1.807) is 11.8 Å². The first-order chi connectivity index (χ1) is 6.49. The zero-order valence-electron chi connectivity index (χ0n) is 8.91. The fourth-order valence-corrected chi connectivity index (χ4v) is 2.20. The van der Waals surface area contributed by atoms with Gasteiger partial charge in [-0.3, -0.25) is 0 Å². The lowest BCUT2D eigenvalue weighted by atomic mass is 10.2. The van der Waals surface area contributed by atoms with E-state index < -0.39 is 0 Å². The Labute approximate surface area is 94.5 Å². The molecule has 1 unspecified atom stereocenters. The average molecular weight is 231 g/mol. The van der Waals surface area contributed by atoms with Crippen molar-refractivity contribution >= 4 is 23.4 Å². The zero-order valence-corrected chi connectivity index (χ0v) is 10.5. The summed E-state index contributed by atoms with van der Waals surface area (Å²) in [5, 5.41) is 2.03. The number of aryl methyl sites for hydroxylation is 1. The Morgan fingerprint density at radius 2 is 1.93 bits per heavy atom.